The SMILES string of the molecule is Cc1csc2nn(-c3cc(C#N)cc(F)c3O)c(=O)n12. The fourth-order valence-corrected chi connectivity index (χ4v) is 2.72. The molecule has 0 aliphatic carbocycles. The van der Waals surface area contributed by atoms with Gasteiger partial charge in [0.15, 0.2) is 11.6 Å². The predicted molar refractivity (Wildman–Crippen MR) is 69.7 cm³/mol. The lowest BCUT2D eigenvalue weighted by Gasteiger charge is -2.04. The van der Waals surface area contributed by atoms with Gasteiger partial charge in [-0.3, -0.25) is 0 Å². The van der Waals surface area contributed by atoms with Crippen molar-refractivity contribution in [1.29, 1.82) is 5.26 Å². The van der Waals surface area contributed by atoms with E-state index in [9.17, 15) is 14.3 Å². The summed E-state index contributed by atoms with van der Waals surface area (Å²) in [6.45, 7) is 1.74. The lowest BCUT2D eigenvalue weighted by atomic mass is 10.2. The minimum absolute atomic E-state index is 0.00437. The summed E-state index contributed by atoms with van der Waals surface area (Å²) in [5, 5.41) is 24.4. The monoisotopic (exact) mass is 290 g/mol. The molecule has 2 aromatic heterocycles. The maximum Gasteiger partial charge on any atom is 0.356 e. The number of phenolic OH excluding ortho intramolecular Hbond substituents is 1. The van der Waals surface area contributed by atoms with Crippen molar-refractivity contribution in [3.8, 4) is 17.5 Å². The van der Waals surface area contributed by atoms with Crippen LogP contribution >= 0.6 is 11.3 Å². The minimum Gasteiger partial charge on any atom is -0.503 e. The second kappa shape index (κ2) is 4.18. The molecule has 0 saturated carbocycles. The van der Waals surface area contributed by atoms with Crippen molar-refractivity contribution in [1.82, 2.24) is 14.2 Å². The van der Waals surface area contributed by atoms with Crippen molar-refractivity contribution in [2.24, 2.45) is 0 Å². The van der Waals surface area contributed by atoms with E-state index in [0.717, 1.165) is 10.7 Å². The van der Waals surface area contributed by atoms with E-state index in [-0.39, 0.29) is 11.3 Å². The normalized spacial score (nSPS) is 10.8. The second-order valence-electron chi connectivity index (χ2n) is 4.13. The van der Waals surface area contributed by atoms with E-state index in [0.29, 0.717) is 10.7 Å². The number of nitriles is 1. The van der Waals surface area contributed by atoms with Gasteiger partial charge in [-0.1, -0.05) is 0 Å². The third-order valence-electron chi connectivity index (χ3n) is 2.84. The van der Waals surface area contributed by atoms with Gasteiger partial charge in [-0.15, -0.1) is 16.4 Å². The molecule has 0 atom stereocenters. The maximum absolute atomic E-state index is 13.6. The van der Waals surface area contributed by atoms with Gasteiger partial charge in [0.2, 0.25) is 4.96 Å². The number of rotatable bonds is 1. The van der Waals surface area contributed by atoms with Gasteiger partial charge in [0, 0.05) is 11.1 Å². The van der Waals surface area contributed by atoms with Crippen LogP contribution in [0, 0.1) is 24.1 Å². The molecule has 0 amide bonds. The summed E-state index contributed by atoms with van der Waals surface area (Å²) in [6, 6.07) is 3.88. The van der Waals surface area contributed by atoms with Crippen molar-refractivity contribution in [2.45, 2.75) is 6.92 Å². The second-order valence-corrected chi connectivity index (χ2v) is 4.96. The first-order valence-corrected chi connectivity index (χ1v) is 6.39. The zero-order chi connectivity index (χ0) is 14.4. The summed E-state index contributed by atoms with van der Waals surface area (Å²) in [5.74, 6) is -1.69. The first-order chi connectivity index (χ1) is 9.52. The van der Waals surface area contributed by atoms with Crippen molar-refractivity contribution in [3.63, 3.8) is 0 Å². The van der Waals surface area contributed by atoms with Gasteiger partial charge < -0.3 is 5.11 Å². The topological polar surface area (TPSA) is 83.3 Å². The highest BCUT2D eigenvalue weighted by atomic mass is 32.1. The Morgan fingerprint density at radius 3 is 2.90 bits per heavy atom. The quantitative estimate of drug-likeness (QED) is 0.737. The van der Waals surface area contributed by atoms with Crippen LogP contribution in [0.5, 0.6) is 5.75 Å². The third kappa shape index (κ3) is 1.60. The fourth-order valence-electron chi connectivity index (χ4n) is 1.89. The van der Waals surface area contributed by atoms with Crippen molar-refractivity contribution < 1.29 is 9.50 Å². The van der Waals surface area contributed by atoms with Gasteiger partial charge >= 0.3 is 5.69 Å². The summed E-state index contributed by atoms with van der Waals surface area (Å²) in [6.07, 6.45) is 0. The van der Waals surface area contributed by atoms with E-state index < -0.39 is 17.3 Å². The molecule has 100 valence electrons. The van der Waals surface area contributed by atoms with Gasteiger partial charge in [-0.2, -0.15) is 9.94 Å². The number of benzene rings is 1. The van der Waals surface area contributed by atoms with Crippen LogP contribution in [0.15, 0.2) is 22.3 Å². The number of aromatic hydroxyl groups is 1. The lowest BCUT2D eigenvalue weighted by Crippen LogP contribution is -2.20. The van der Waals surface area contributed by atoms with E-state index in [1.165, 1.54) is 21.8 Å². The number of hydrogen-bond acceptors (Lipinski definition) is 5. The average Bonchev–Trinajstić information content (AvgIpc) is 2.94. The Morgan fingerprint density at radius 1 is 1.50 bits per heavy atom. The standard InChI is InChI=1S/C12H7FN4O2S/c1-6-5-20-11-15-17(12(19)16(6)11)9-3-7(4-14)2-8(13)10(9)18/h2-3,5,18H,1H3. The molecule has 0 aliphatic rings. The summed E-state index contributed by atoms with van der Waals surface area (Å²) in [7, 11) is 0. The molecular formula is C12H7FN4O2S. The van der Waals surface area contributed by atoms with Crippen LogP contribution in [0.2, 0.25) is 0 Å². The van der Waals surface area contributed by atoms with Crippen LogP contribution in [0.1, 0.15) is 11.3 Å². The number of nitrogens with zero attached hydrogens (tertiary/aromatic N) is 4. The molecule has 3 rings (SSSR count). The number of aromatic nitrogens is 3. The number of hydrogen-bond donors (Lipinski definition) is 1. The highest BCUT2D eigenvalue weighted by molar-refractivity contribution is 7.15. The van der Waals surface area contributed by atoms with Crippen LogP contribution in [-0.2, 0) is 0 Å². The average molecular weight is 290 g/mol. The molecule has 0 saturated heterocycles. The van der Waals surface area contributed by atoms with Gasteiger partial charge in [0.25, 0.3) is 0 Å². The Kier molecular flexibility index (Phi) is 2.59. The number of fused-ring (bicyclic) bond motifs is 1. The maximum atomic E-state index is 13.6. The number of phenols is 1. The van der Waals surface area contributed by atoms with Gasteiger partial charge in [0.05, 0.1) is 11.6 Å². The van der Waals surface area contributed by atoms with Crippen LogP contribution in [0.25, 0.3) is 10.6 Å². The first-order valence-electron chi connectivity index (χ1n) is 5.52. The lowest BCUT2D eigenvalue weighted by molar-refractivity contribution is 0.427. The Bertz CT molecular complexity index is 931. The molecule has 20 heavy (non-hydrogen) atoms. The molecule has 0 aliphatic heterocycles. The molecule has 1 aromatic carbocycles. The number of thiazole rings is 1. The Morgan fingerprint density at radius 2 is 2.25 bits per heavy atom. The highest BCUT2D eigenvalue weighted by Crippen LogP contribution is 2.26. The largest absolute Gasteiger partial charge is 0.503 e. The van der Waals surface area contributed by atoms with Crippen LogP contribution in [0.4, 0.5) is 4.39 Å². The number of aryl methyl sites for hydroxylation is 1. The molecule has 0 unspecified atom stereocenters. The Hall–Kier alpha value is -2.66. The van der Waals surface area contributed by atoms with Crippen LogP contribution in [0.3, 0.4) is 0 Å². The van der Waals surface area contributed by atoms with Crippen LogP contribution < -0.4 is 5.69 Å². The Balaban J connectivity index is 2.37. The van der Waals surface area contributed by atoms with Gasteiger partial charge in [0.1, 0.15) is 5.69 Å². The van der Waals surface area contributed by atoms with Gasteiger partial charge in [-0.05, 0) is 19.1 Å². The Labute approximate surface area is 115 Å². The molecule has 8 heteroatoms. The molecule has 0 fully saturated rings. The zero-order valence-electron chi connectivity index (χ0n) is 10.2. The fraction of sp³-hybridized carbons (Fsp3) is 0.0833. The molecule has 0 bridgehead atoms. The summed E-state index contributed by atoms with van der Waals surface area (Å²) >= 11 is 1.25. The molecule has 0 radical (unpaired) electrons. The van der Waals surface area contributed by atoms with E-state index in [1.807, 2.05) is 0 Å². The predicted octanol–water partition coefficient (Wildman–Crippen LogP) is 1.57. The van der Waals surface area contributed by atoms with Crippen molar-refractivity contribution in [3.05, 3.63) is 45.1 Å². The zero-order valence-corrected chi connectivity index (χ0v) is 11.0. The van der Waals surface area contributed by atoms with E-state index in [2.05, 4.69) is 5.10 Å². The minimum atomic E-state index is -0.973. The van der Waals surface area contributed by atoms with E-state index in [4.69, 9.17) is 5.26 Å². The smallest absolute Gasteiger partial charge is 0.356 e. The highest BCUT2D eigenvalue weighted by Gasteiger charge is 2.18. The summed E-state index contributed by atoms with van der Waals surface area (Å²) in [4.78, 5) is 12.7. The van der Waals surface area contributed by atoms with Crippen molar-refractivity contribution >= 4 is 16.3 Å². The van der Waals surface area contributed by atoms with Crippen LogP contribution in [-0.4, -0.2) is 19.3 Å². The summed E-state index contributed by atoms with van der Waals surface area (Å²) < 4.78 is 15.8. The van der Waals surface area contributed by atoms with Crippen molar-refractivity contribution in [2.75, 3.05) is 0 Å². The van der Waals surface area contributed by atoms with E-state index in [1.54, 1.807) is 18.4 Å². The molecule has 6 nitrogen and oxygen atoms in total. The molecular weight excluding hydrogens is 283 g/mol. The van der Waals surface area contributed by atoms with E-state index >= 15 is 0 Å². The molecule has 2 heterocycles. The summed E-state index contributed by atoms with van der Waals surface area (Å²) in [5.41, 5.74) is 0.0123. The molecule has 3 aromatic rings. The number of halogens is 1. The third-order valence-corrected chi connectivity index (χ3v) is 3.77. The molecule has 0 spiro atoms. The molecule has 1 N–H and O–H groups in total. The first kappa shape index (κ1) is 12.4. The van der Waals surface area contributed by atoms with Gasteiger partial charge in [-0.25, -0.2) is 13.6 Å².